The third-order valence-electron chi connectivity index (χ3n) is 3.66. The van der Waals surface area contributed by atoms with Crippen LogP contribution >= 0.6 is 0 Å². The van der Waals surface area contributed by atoms with Gasteiger partial charge in [-0.2, -0.15) is 0 Å². The zero-order valence-electron chi connectivity index (χ0n) is 10.7. The summed E-state index contributed by atoms with van der Waals surface area (Å²) in [5.74, 6) is 1.60. The van der Waals surface area contributed by atoms with Gasteiger partial charge in [0.1, 0.15) is 0 Å². The fraction of sp³-hybridized carbons (Fsp3) is 0.733. The van der Waals surface area contributed by atoms with Crippen LogP contribution in [0.4, 0.5) is 0 Å². The van der Waals surface area contributed by atoms with Crippen molar-refractivity contribution in [3.05, 3.63) is 23.8 Å². The van der Waals surface area contributed by atoms with E-state index in [-0.39, 0.29) is 0 Å². The summed E-state index contributed by atoms with van der Waals surface area (Å²) in [6.07, 6.45) is 10.3. The average Bonchev–Trinajstić information content (AvgIpc) is 3.00. The lowest BCUT2D eigenvalue weighted by atomic mass is 9.89. The van der Waals surface area contributed by atoms with Crippen LogP contribution in [0.3, 0.4) is 0 Å². The van der Waals surface area contributed by atoms with Gasteiger partial charge in [0.2, 0.25) is 0 Å². The number of allylic oxidation sites excluding steroid dienone is 3. The van der Waals surface area contributed by atoms with Crippen molar-refractivity contribution in [3.63, 3.8) is 0 Å². The van der Waals surface area contributed by atoms with E-state index >= 15 is 0 Å². The predicted molar refractivity (Wildman–Crippen MR) is 68.9 cm³/mol. The van der Waals surface area contributed by atoms with Gasteiger partial charge in [0.05, 0.1) is 0 Å². The van der Waals surface area contributed by atoms with Crippen molar-refractivity contribution >= 4 is 0 Å². The van der Waals surface area contributed by atoms with Crippen molar-refractivity contribution in [2.45, 2.75) is 59.3 Å². The van der Waals surface area contributed by atoms with Crippen molar-refractivity contribution in [3.8, 4) is 0 Å². The van der Waals surface area contributed by atoms with E-state index in [4.69, 9.17) is 0 Å². The molecule has 0 spiro atoms. The Morgan fingerprint density at radius 2 is 2.13 bits per heavy atom. The summed E-state index contributed by atoms with van der Waals surface area (Å²) in [7, 11) is 0. The van der Waals surface area contributed by atoms with E-state index < -0.39 is 0 Å². The normalized spacial score (nSPS) is 21.0. The fourth-order valence-electron chi connectivity index (χ4n) is 2.30. The molecule has 86 valence electrons. The van der Waals surface area contributed by atoms with Crippen LogP contribution in [0.1, 0.15) is 59.3 Å². The molecule has 0 aromatic heterocycles. The highest BCUT2D eigenvalue weighted by Gasteiger charge is 2.26. The second-order valence-corrected chi connectivity index (χ2v) is 4.80. The number of hydrogen-bond donors (Lipinski definition) is 0. The first kappa shape index (κ1) is 12.5. The Morgan fingerprint density at radius 3 is 2.67 bits per heavy atom. The van der Waals surface area contributed by atoms with Crippen molar-refractivity contribution in [1.82, 2.24) is 0 Å². The van der Waals surface area contributed by atoms with Gasteiger partial charge in [0, 0.05) is 0 Å². The van der Waals surface area contributed by atoms with Crippen LogP contribution in [0.5, 0.6) is 0 Å². The molecule has 0 N–H and O–H groups in total. The quantitative estimate of drug-likeness (QED) is 0.484. The van der Waals surface area contributed by atoms with E-state index in [2.05, 4.69) is 33.4 Å². The van der Waals surface area contributed by atoms with Crippen LogP contribution in [-0.4, -0.2) is 0 Å². The minimum Gasteiger partial charge on any atom is -0.0996 e. The first-order chi connectivity index (χ1) is 7.22. The Hall–Kier alpha value is -0.520. The lowest BCUT2D eigenvalue weighted by molar-refractivity contribution is 0.503. The predicted octanol–water partition coefficient (Wildman–Crippen LogP) is 5.12. The number of hydrogen-bond acceptors (Lipinski definition) is 0. The van der Waals surface area contributed by atoms with Gasteiger partial charge in [-0.15, -0.1) is 0 Å². The highest BCUT2D eigenvalue weighted by molar-refractivity contribution is 5.29. The number of rotatable bonds is 8. The van der Waals surface area contributed by atoms with E-state index in [0.717, 1.165) is 18.3 Å². The minimum absolute atomic E-state index is 0.760. The van der Waals surface area contributed by atoms with E-state index in [1.54, 1.807) is 5.57 Å². The molecule has 1 rings (SSSR count). The Morgan fingerprint density at radius 1 is 1.40 bits per heavy atom. The second-order valence-electron chi connectivity index (χ2n) is 4.80. The Bertz CT molecular complexity index is 234. The zero-order valence-corrected chi connectivity index (χ0v) is 10.7. The molecule has 1 aliphatic rings. The standard InChI is InChI=1S/C15H26/c1-5-8-9-14-11-15(14)10-13(7-3)12(4)6-2/h11,13,15H,4-10H2,1-3H3. The van der Waals surface area contributed by atoms with Crippen LogP contribution in [0.25, 0.3) is 0 Å². The highest BCUT2D eigenvalue weighted by atomic mass is 14.3. The lowest BCUT2D eigenvalue weighted by Crippen LogP contribution is -2.03. The van der Waals surface area contributed by atoms with Crippen molar-refractivity contribution < 1.29 is 0 Å². The van der Waals surface area contributed by atoms with Crippen LogP contribution < -0.4 is 0 Å². The largest absolute Gasteiger partial charge is 0.0996 e. The molecular weight excluding hydrogens is 180 g/mol. The minimum atomic E-state index is 0.760. The van der Waals surface area contributed by atoms with Gasteiger partial charge < -0.3 is 0 Å². The average molecular weight is 206 g/mol. The van der Waals surface area contributed by atoms with Crippen molar-refractivity contribution in [2.24, 2.45) is 11.8 Å². The molecule has 0 heterocycles. The maximum atomic E-state index is 4.19. The first-order valence-corrected chi connectivity index (χ1v) is 6.61. The summed E-state index contributed by atoms with van der Waals surface area (Å²) >= 11 is 0. The molecule has 0 heteroatoms. The summed E-state index contributed by atoms with van der Waals surface area (Å²) in [4.78, 5) is 0. The van der Waals surface area contributed by atoms with Gasteiger partial charge in [0.25, 0.3) is 0 Å². The molecule has 0 aromatic carbocycles. The monoisotopic (exact) mass is 206 g/mol. The summed E-state index contributed by atoms with van der Waals surface area (Å²) < 4.78 is 0. The SMILES string of the molecule is C=C(CC)C(CC)CC1C=C1CCCC. The third-order valence-corrected chi connectivity index (χ3v) is 3.66. The second kappa shape index (κ2) is 6.15. The number of unbranched alkanes of at least 4 members (excludes halogenated alkanes) is 1. The van der Waals surface area contributed by atoms with Gasteiger partial charge in [0.15, 0.2) is 0 Å². The molecule has 0 aliphatic heterocycles. The van der Waals surface area contributed by atoms with Crippen LogP contribution in [-0.2, 0) is 0 Å². The summed E-state index contributed by atoms with van der Waals surface area (Å²) in [5, 5.41) is 0. The summed E-state index contributed by atoms with van der Waals surface area (Å²) in [5.41, 5.74) is 3.17. The fourth-order valence-corrected chi connectivity index (χ4v) is 2.30. The molecule has 0 saturated carbocycles. The topological polar surface area (TPSA) is 0 Å². The van der Waals surface area contributed by atoms with Gasteiger partial charge >= 0.3 is 0 Å². The smallest absolute Gasteiger partial charge is 0.00145 e. The molecule has 15 heavy (non-hydrogen) atoms. The maximum absolute atomic E-state index is 4.19. The van der Waals surface area contributed by atoms with Crippen molar-refractivity contribution in [2.75, 3.05) is 0 Å². The molecule has 2 atom stereocenters. The van der Waals surface area contributed by atoms with E-state index in [9.17, 15) is 0 Å². The summed E-state index contributed by atoms with van der Waals surface area (Å²) in [6.45, 7) is 11.0. The molecule has 0 radical (unpaired) electrons. The third kappa shape index (κ3) is 3.85. The zero-order chi connectivity index (χ0) is 11.3. The molecule has 0 amide bonds. The lowest BCUT2D eigenvalue weighted by Gasteiger charge is -2.16. The van der Waals surface area contributed by atoms with E-state index in [1.807, 2.05) is 0 Å². The van der Waals surface area contributed by atoms with Crippen LogP contribution in [0.2, 0.25) is 0 Å². The molecule has 0 nitrogen and oxygen atoms in total. The summed E-state index contributed by atoms with van der Waals surface area (Å²) in [6, 6.07) is 0. The molecule has 0 aromatic rings. The van der Waals surface area contributed by atoms with E-state index in [1.165, 1.54) is 37.7 Å². The Kier molecular flexibility index (Phi) is 5.14. The highest BCUT2D eigenvalue weighted by Crippen LogP contribution is 2.40. The van der Waals surface area contributed by atoms with Gasteiger partial charge in [-0.3, -0.25) is 0 Å². The van der Waals surface area contributed by atoms with Gasteiger partial charge in [-0.05, 0) is 43.9 Å². The van der Waals surface area contributed by atoms with Gasteiger partial charge in [-0.25, -0.2) is 0 Å². The van der Waals surface area contributed by atoms with E-state index in [0.29, 0.717) is 0 Å². The molecule has 1 aliphatic carbocycles. The molecule has 0 bridgehead atoms. The first-order valence-electron chi connectivity index (χ1n) is 6.61. The molecule has 0 fully saturated rings. The van der Waals surface area contributed by atoms with Crippen LogP contribution in [0, 0.1) is 11.8 Å². The maximum Gasteiger partial charge on any atom is -0.00145 e. The Balaban J connectivity index is 2.22. The molecule has 0 saturated heterocycles. The van der Waals surface area contributed by atoms with Crippen LogP contribution in [0.15, 0.2) is 23.8 Å². The van der Waals surface area contributed by atoms with Crippen molar-refractivity contribution in [1.29, 1.82) is 0 Å². The van der Waals surface area contributed by atoms with Gasteiger partial charge in [-0.1, -0.05) is 51.0 Å². The Labute approximate surface area is 95.5 Å². The molecule has 2 unspecified atom stereocenters. The molecular formula is C15H26.